The van der Waals surface area contributed by atoms with Crippen LogP contribution < -0.4 is 10.5 Å². The maximum absolute atomic E-state index is 12.6. The lowest BCUT2D eigenvalue weighted by molar-refractivity contribution is -0.143. The zero-order valence-corrected chi connectivity index (χ0v) is 19.6. The van der Waals surface area contributed by atoms with Gasteiger partial charge in [-0.25, -0.2) is 0 Å². The number of unbranched alkanes of at least 4 members (excludes halogenated alkanes) is 1. The van der Waals surface area contributed by atoms with E-state index >= 15 is 0 Å². The Balaban J connectivity index is 1.29. The minimum atomic E-state index is -0.368. The minimum Gasteiger partial charge on any atom is -0.494 e. The second-order valence-corrected chi connectivity index (χ2v) is 8.63. The number of benzene rings is 2. The molecule has 0 aromatic heterocycles. The molecular formula is C27H36N2O4. The van der Waals surface area contributed by atoms with Gasteiger partial charge in [0.2, 0.25) is 0 Å². The summed E-state index contributed by atoms with van der Waals surface area (Å²) >= 11 is 0. The van der Waals surface area contributed by atoms with Gasteiger partial charge in [0, 0.05) is 24.7 Å². The lowest BCUT2D eigenvalue weighted by Gasteiger charge is -2.32. The number of rotatable bonds is 11. The van der Waals surface area contributed by atoms with Crippen molar-refractivity contribution < 1.29 is 19.1 Å². The highest BCUT2D eigenvalue weighted by Crippen LogP contribution is 2.24. The Morgan fingerprint density at radius 1 is 1.03 bits per heavy atom. The Labute approximate surface area is 197 Å². The van der Waals surface area contributed by atoms with Gasteiger partial charge in [0.1, 0.15) is 5.75 Å². The number of hydrogen-bond acceptors (Lipinski definition) is 5. The molecule has 1 unspecified atom stereocenters. The third-order valence-corrected chi connectivity index (χ3v) is 6.20. The first-order valence-electron chi connectivity index (χ1n) is 12.0. The third kappa shape index (κ3) is 7.90. The van der Waals surface area contributed by atoms with Gasteiger partial charge < -0.3 is 20.1 Å². The summed E-state index contributed by atoms with van der Waals surface area (Å²) in [6.07, 6.45) is 5.64. The van der Waals surface area contributed by atoms with Crippen LogP contribution in [0.25, 0.3) is 0 Å². The first kappa shape index (κ1) is 24.8. The van der Waals surface area contributed by atoms with Gasteiger partial charge in [-0.05, 0) is 68.4 Å². The lowest BCUT2D eigenvalue weighted by Crippen LogP contribution is -2.38. The van der Waals surface area contributed by atoms with Crippen LogP contribution in [0.3, 0.4) is 0 Å². The average Bonchev–Trinajstić information content (AvgIpc) is 2.85. The fraction of sp³-hybridized carbons (Fsp3) is 0.481. The number of carbonyl (C=O) groups excluding carboxylic acids is 2. The lowest BCUT2D eigenvalue weighted by atomic mass is 9.91. The summed E-state index contributed by atoms with van der Waals surface area (Å²) in [6, 6.07) is 16.8. The number of nitrogens with two attached hydrogens (primary N) is 1. The topological polar surface area (TPSA) is 81.9 Å². The summed E-state index contributed by atoms with van der Waals surface area (Å²) in [5.41, 5.74) is 7.75. The van der Waals surface area contributed by atoms with Crippen molar-refractivity contribution >= 4 is 11.9 Å². The highest BCUT2D eigenvalue weighted by atomic mass is 16.5. The molecule has 0 bridgehead atoms. The normalized spacial score (nSPS) is 15.2. The largest absolute Gasteiger partial charge is 0.494 e. The Bertz CT molecular complexity index is 861. The van der Waals surface area contributed by atoms with Crippen molar-refractivity contribution in [1.82, 2.24) is 4.90 Å². The van der Waals surface area contributed by atoms with Gasteiger partial charge in [0.05, 0.1) is 19.6 Å². The van der Waals surface area contributed by atoms with Gasteiger partial charge in [0.25, 0.3) is 5.91 Å². The fourth-order valence-corrected chi connectivity index (χ4v) is 4.24. The smallest absolute Gasteiger partial charge is 0.307 e. The van der Waals surface area contributed by atoms with Crippen molar-refractivity contribution in [2.45, 2.75) is 51.5 Å². The van der Waals surface area contributed by atoms with Crippen LogP contribution in [-0.4, -0.2) is 43.1 Å². The Kier molecular flexibility index (Phi) is 9.76. The number of likely N-dealkylation sites (tertiary alicyclic amines) is 1. The van der Waals surface area contributed by atoms with Crippen molar-refractivity contribution in [3.8, 4) is 5.75 Å². The number of ether oxygens (including phenoxy) is 2. The van der Waals surface area contributed by atoms with Crippen LogP contribution in [0, 0.1) is 5.92 Å². The highest BCUT2D eigenvalue weighted by molar-refractivity contribution is 5.94. The number of esters is 1. The molecule has 6 nitrogen and oxygen atoms in total. The van der Waals surface area contributed by atoms with Crippen molar-refractivity contribution in [2.24, 2.45) is 11.7 Å². The molecular weight excluding hydrogens is 416 g/mol. The van der Waals surface area contributed by atoms with E-state index in [2.05, 4.69) is 0 Å². The van der Waals surface area contributed by atoms with Gasteiger partial charge in [-0.2, -0.15) is 0 Å². The average molecular weight is 453 g/mol. The molecule has 2 aromatic rings. The molecule has 6 heteroatoms. The molecule has 0 saturated carbocycles. The molecule has 33 heavy (non-hydrogen) atoms. The van der Waals surface area contributed by atoms with E-state index in [0.29, 0.717) is 19.1 Å². The number of carbonyl (C=O) groups is 2. The molecule has 1 atom stereocenters. The molecule has 1 aliphatic heterocycles. The summed E-state index contributed by atoms with van der Waals surface area (Å²) in [5.74, 6) is 1.37. The standard InChI is InChI=1S/C27H36N2O4/c1-2-32-26(30)20-25(28)22-11-13-24(14-12-22)33-19-7-6-8-21-15-17-29(18-16-21)27(31)23-9-4-3-5-10-23/h3-5,9-14,21,25H,2,6-8,15-20,28H2,1H3. The SMILES string of the molecule is CCOC(=O)CC(N)c1ccc(OCCCCC2CCN(C(=O)c3ccccc3)CC2)cc1. The molecule has 178 valence electrons. The van der Waals surface area contributed by atoms with Crippen LogP contribution in [0.1, 0.15) is 67.4 Å². The summed E-state index contributed by atoms with van der Waals surface area (Å²) in [7, 11) is 0. The van der Waals surface area contributed by atoms with Gasteiger partial charge in [-0.15, -0.1) is 0 Å². The minimum absolute atomic E-state index is 0.148. The summed E-state index contributed by atoms with van der Waals surface area (Å²) in [5, 5.41) is 0. The molecule has 1 aliphatic rings. The van der Waals surface area contributed by atoms with E-state index in [-0.39, 0.29) is 24.3 Å². The van der Waals surface area contributed by atoms with Crippen LogP contribution in [0.2, 0.25) is 0 Å². The van der Waals surface area contributed by atoms with Crippen LogP contribution in [0.4, 0.5) is 0 Å². The monoisotopic (exact) mass is 452 g/mol. The molecule has 1 saturated heterocycles. The third-order valence-electron chi connectivity index (χ3n) is 6.20. The predicted octanol–water partition coefficient (Wildman–Crippen LogP) is 4.74. The predicted molar refractivity (Wildman–Crippen MR) is 129 cm³/mol. The molecule has 1 amide bonds. The van der Waals surface area contributed by atoms with Gasteiger partial charge in [-0.1, -0.05) is 36.8 Å². The number of amides is 1. The molecule has 2 aromatic carbocycles. The van der Waals surface area contributed by atoms with E-state index in [1.165, 1.54) is 6.42 Å². The molecule has 0 radical (unpaired) electrons. The van der Waals surface area contributed by atoms with Crippen LogP contribution in [0.5, 0.6) is 5.75 Å². The van der Waals surface area contributed by atoms with Crippen LogP contribution >= 0.6 is 0 Å². The zero-order chi connectivity index (χ0) is 23.5. The van der Waals surface area contributed by atoms with E-state index in [0.717, 1.165) is 55.6 Å². The summed E-state index contributed by atoms with van der Waals surface area (Å²) in [6.45, 7) is 4.53. The molecule has 2 N–H and O–H groups in total. The highest BCUT2D eigenvalue weighted by Gasteiger charge is 2.23. The van der Waals surface area contributed by atoms with E-state index in [9.17, 15) is 9.59 Å². The molecule has 3 rings (SSSR count). The molecule has 1 fully saturated rings. The quantitative estimate of drug-likeness (QED) is 0.393. The van der Waals surface area contributed by atoms with Gasteiger partial charge >= 0.3 is 5.97 Å². The van der Waals surface area contributed by atoms with Gasteiger partial charge in [0.15, 0.2) is 0 Å². The number of piperidine rings is 1. The second kappa shape index (κ2) is 13.0. The summed E-state index contributed by atoms with van der Waals surface area (Å²) in [4.78, 5) is 26.1. The maximum Gasteiger partial charge on any atom is 0.307 e. The maximum atomic E-state index is 12.6. The van der Waals surface area contributed by atoms with Gasteiger partial charge in [-0.3, -0.25) is 9.59 Å². The Morgan fingerprint density at radius 3 is 2.39 bits per heavy atom. The number of hydrogen-bond donors (Lipinski definition) is 1. The van der Waals surface area contributed by atoms with E-state index < -0.39 is 0 Å². The molecule has 1 heterocycles. The Hall–Kier alpha value is -2.86. The summed E-state index contributed by atoms with van der Waals surface area (Å²) < 4.78 is 10.8. The van der Waals surface area contributed by atoms with E-state index in [1.807, 2.05) is 59.5 Å². The first-order valence-corrected chi connectivity index (χ1v) is 12.0. The Morgan fingerprint density at radius 2 is 1.73 bits per heavy atom. The van der Waals surface area contributed by atoms with Crippen molar-refractivity contribution in [3.05, 3.63) is 65.7 Å². The number of nitrogens with zero attached hydrogens (tertiary/aromatic N) is 1. The molecule has 0 aliphatic carbocycles. The van der Waals surface area contributed by atoms with Crippen molar-refractivity contribution in [1.29, 1.82) is 0 Å². The van der Waals surface area contributed by atoms with E-state index in [1.54, 1.807) is 6.92 Å². The zero-order valence-electron chi connectivity index (χ0n) is 19.6. The van der Waals surface area contributed by atoms with Crippen LogP contribution in [0.15, 0.2) is 54.6 Å². The fourth-order valence-electron chi connectivity index (χ4n) is 4.24. The second-order valence-electron chi connectivity index (χ2n) is 8.63. The first-order chi connectivity index (χ1) is 16.1. The van der Waals surface area contributed by atoms with E-state index in [4.69, 9.17) is 15.2 Å². The van der Waals surface area contributed by atoms with Crippen LogP contribution in [-0.2, 0) is 9.53 Å². The van der Waals surface area contributed by atoms with Crippen molar-refractivity contribution in [3.63, 3.8) is 0 Å². The molecule has 0 spiro atoms. The van der Waals surface area contributed by atoms with Crippen molar-refractivity contribution in [2.75, 3.05) is 26.3 Å².